The normalized spacial score (nSPS) is 13.0. The molecule has 171 valence electrons. The van der Waals surface area contributed by atoms with Crippen LogP contribution in [-0.4, -0.2) is 14.5 Å². The second-order valence-electron chi connectivity index (χ2n) is 8.69. The Morgan fingerprint density at radius 2 is 1.47 bits per heavy atom. The number of hydrogen-bond donors (Lipinski definition) is 0. The van der Waals surface area contributed by atoms with E-state index in [4.69, 9.17) is 4.98 Å². The van der Waals surface area contributed by atoms with Gasteiger partial charge in [0.1, 0.15) is 0 Å². The summed E-state index contributed by atoms with van der Waals surface area (Å²) in [5.74, 6) is 0.988. The van der Waals surface area contributed by atoms with Crippen molar-refractivity contribution in [3.63, 3.8) is 0 Å². The van der Waals surface area contributed by atoms with Crippen molar-refractivity contribution >= 4 is 17.1 Å². The molecule has 0 aliphatic carbocycles. The Balaban J connectivity index is 0.000000171. The number of para-hydroxylation sites is 1. The average Bonchev–Trinajstić information content (AvgIpc) is 3.26. The van der Waals surface area contributed by atoms with E-state index in [9.17, 15) is 0 Å². The Bertz CT molecular complexity index is 1430. The van der Waals surface area contributed by atoms with Crippen molar-refractivity contribution in [3.05, 3.63) is 114 Å². The molecule has 0 bridgehead atoms. The monoisotopic (exact) mass is 620 g/mol. The van der Waals surface area contributed by atoms with E-state index in [-0.39, 0.29) is 25.6 Å². The topological polar surface area (TPSA) is 30.7 Å². The van der Waals surface area contributed by atoms with Gasteiger partial charge in [0.15, 0.2) is 0 Å². The number of hydrogen-bond acceptors (Lipinski definition) is 2. The number of imidazole rings is 1. The Hall–Kier alpha value is -3.33. The fraction of sp³-hybridized carbons (Fsp3) is 0.133. The minimum Gasteiger partial charge on any atom is -0.355 e. The third kappa shape index (κ3) is 4.65. The van der Waals surface area contributed by atoms with Gasteiger partial charge in [0.25, 0.3) is 0 Å². The number of aromatic nitrogens is 3. The van der Waals surface area contributed by atoms with Crippen LogP contribution in [0.5, 0.6) is 0 Å². The molecular formula is C30H25IrN3-2. The molecule has 0 atom stereocenters. The van der Waals surface area contributed by atoms with Gasteiger partial charge in [0.2, 0.25) is 0 Å². The molecule has 3 aromatic carbocycles. The number of aryl methyl sites for hydroxylation is 1. The molecule has 0 fully saturated rings. The van der Waals surface area contributed by atoms with Gasteiger partial charge in [-0.1, -0.05) is 36.4 Å². The Morgan fingerprint density at radius 1 is 0.765 bits per heavy atom. The molecule has 0 spiro atoms. The van der Waals surface area contributed by atoms with Crippen molar-refractivity contribution in [3.8, 4) is 22.6 Å². The van der Waals surface area contributed by atoms with Gasteiger partial charge in [-0.3, -0.25) is 4.98 Å². The number of rotatable bonds is 2. The molecule has 1 radical (unpaired) electrons. The summed E-state index contributed by atoms with van der Waals surface area (Å²) in [7, 11) is 0. The van der Waals surface area contributed by atoms with Crippen LogP contribution in [0, 0.1) is 19.1 Å². The van der Waals surface area contributed by atoms with Crippen LogP contribution >= 0.6 is 0 Å². The maximum absolute atomic E-state index is 4.84. The average molecular weight is 620 g/mol. The summed E-state index contributed by atoms with van der Waals surface area (Å²) in [5.41, 5.74) is 7.53. The van der Waals surface area contributed by atoms with Crippen molar-refractivity contribution in [1.29, 1.82) is 0 Å². The van der Waals surface area contributed by atoms with Crippen LogP contribution in [0.15, 0.2) is 91.0 Å². The summed E-state index contributed by atoms with van der Waals surface area (Å²) in [6, 6.07) is 34.6. The van der Waals surface area contributed by atoms with Gasteiger partial charge in [-0.25, -0.2) is 0 Å². The van der Waals surface area contributed by atoms with Gasteiger partial charge in [-0.2, -0.15) is 0 Å². The molecule has 4 heteroatoms. The molecular weight excluding hydrogens is 595 g/mol. The molecule has 0 saturated heterocycles. The first kappa shape index (κ1) is 23.8. The fourth-order valence-electron chi connectivity index (χ4n) is 4.18. The third-order valence-corrected chi connectivity index (χ3v) is 5.78. The quantitative estimate of drug-likeness (QED) is 0.197. The Labute approximate surface area is 214 Å². The van der Waals surface area contributed by atoms with Gasteiger partial charge in [-0.05, 0) is 44.2 Å². The molecule has 0 saturated carbocycles. The SMILES string of the molecule is CC1(C)C=Cc2cccc3nc(-c4[c-]cccc4)n1c23.Cc1cccc(-c2[c-]cccc2)n1.[Ir]. The summed E-state index contributed by atoms with van der Waals surface area (Å²) in [4.78, 5) is 9.25. The molecule has 2 aromatic heterocycles. The van der Waals surface area contributed by atoms with Crippen molar-refractivity contribution < 1.29 is 20.1 Å². The van der Waals surface area contributed by atoms with Crippen LogP contribution in [0.4, 0.5) is 0 Å². The minimum absolute atomic E-state index is 0. The van der Waals surface area contributed by atoms with E-state index >= 15 is 0 Å². The summed E-state index contributed by atoms with van der Waals surface area (Å²) >= 11 is 0. The van der Waals surface area contributed by atoms with Crippen molar-refractivity contribution in [1.82, 2.24) is 14.5 Å². The number of pyridine rings is 1. The molecule has 1 aliphatic rings. The van der Waals surface area contributed by atoms with Crippen molar-refractivity contribution in [2.24, 2.45) is 0 Å². The predicted molar refractivity (Wildman–Crippen MR) is 136 cm³/mol. The Kier molecular flexibility index (Phi) is 6.92. The van der Waals surface area contributed by atoms with E-state index in [1.807, 2.05) is 67.6 Å². The maximum atomic E-state index is 4.84. The third-order valence-electron chi connectivity index (χ3n) is 5.78. The van der Waals surface area contributed by atoms with Gasteiger partial charge in [0, 0.05) is 25.8 Å². The molecule has 3 heterocycles. The van der Waals surface area contributed by atoms with Crippen LogP contribution in [-0.2, 0) is 25.6 Å². The zero-order chi connectivity index (χ0) is 22.8. The molecule has 6 rings (SSSR count). The van der Waals surface area contributed by atoms with Crippen LogP contribution in [0.25, 0.3) is 39.8 Å². The van der Waals surface area contributed by atoms with Crippen LogP contribution in [0.1, 0.15) is 25.1 Å². The predicted octanol–water partition coefficient (Wildman–Crippen LogP) is 7.12. The molecule has 1 aliphatic heterocycles. The van der Waals surface area contributed by atoms with E-state index in [0.717, 1.165) is 33.9 Å². The fourth-order valence-corrected chi connectivity index (χ4v) is 4.18. The number of benzene rings is 3. The second kappa shape index (κ2) is 9.88. The summed E-state index contributed by atoms with van der Waals surface area (Å²) in [6.45, 7) is 6.42. The smallest absolute Gasteiger partial charge is 0.0777 e. The van der Waals surface area contributed by atoms with E-state index in [0.29, 0.717) is 0 Å². The first-order valence-electron chi connectivity index (χ1n) is 11.1. The standard InChI is InChI=1S/C18H15N2.C12H10N.Ir/c1-18(2)12-11-13-9-6-10-15-16(13)20(18)17(19-15)14-7-4-3-5-8-14;1-10-6-5-9-12(13-10)11-7-3-2-4-8-11;/h3-7,9-12H,1-2H3;2-7,9H,1H3;/q2*-1;. The van der Waals surface area contributed by atoms with E-state index in [1.54, 1.807) is 0 Å². The minimum atomic E-state index is -0.0812. The van der Waals surface area contributed by atoms with Crippen molar-refractivity contribution in [2.75, 3.05) is 0 Å². The summed E-state index contributed by atoms with van der Waals surface area (Å²) in [6.07, 6.45) is 4.44. The van der Waals surface area contributed by atoms with Gasteiger partial charge < -0.3 is 9.55 Å². The van der Waals surface area contributed by atoms with E-state index in [2.05, 4.69) is 71.9 Å². The van der Waals surface area contributed by atoms with Gasteiger partial charge >= 0.3 is 0 Å². The molecule has 3 nitrogen and oxygen atoms in total. The molecule has 0 amide bonds. The zero-order valence-electron chi connectivity index (χ0n) is 19.4. The van der Waals surface area contributed by atoms with Crippen molar-refractivity contribution in [2.45, 2.75) is 26.3 Å². The molecule has 0 unspecified atom stereocenters. The first-order valence-corrected chi connectivity index (χ1v) is 11.1. The second-order valence-corrected chi connectivity index (χ2v) is 8.69. The molecule has 5 aromatic rings. The number of nitrogens with zero attached hydrogens (tertiary/aromatic N) is 3. The van der Waals surface area contributed by atoms with E-state index in [1.165, 1.54) is 11.1 Å². The van der Waals surface area contributed by atoms with Gasteiger partial charge in [-0.15, -0.1) is 71.8 Å². The first-order chi connectivity index (χ1) is 16.0. The largest absolute Gasteiger partial charge is 0.355 e. The van der Waals surface area contributed by atoms with Crippen LogP contribution in [0.3, 0.4) is 0 Å². The van der Waals surface area contributed by atoms with Gasteiger partial charge in [0.05, 0.1) is 22.4 Å². The Morgan fingerprint density at radius 3 is 2.15 bits per heavy atom. The maximum Gasteiger partial charge on any atom is 0.0777 e. The summed E-state index contributed by atoms with van der Waals surface area (Å²) in [5, 5.41) is 0. The molecule has 34 heavy (non-hydrogen) atoms. The molecule has 0 N–H and O–H groups in total. The summed E-state index contributed by atoms with van der Waals surface area (Å²) < 4.78 is 2.32. The van der Waals surface area contributed by atoms with E-state index < -0.39 is 0 Å². The zero-order valence-corrected chi connectivity index (χ0v) is 21.8. The van der Waals surface area contributed by atoms with Crippen LogP contribution in [0.2, 0.25) is 0 Å². The number of allylic oxidation sites excluding steroid dienone is 1. The van der Waals surface area contributed by atoms with Crippen LogP contribution < -0.4 is 0 Å².